The van der Waals surface area contributed by atoms with E-state index in [0.29, 0.717) is 22.2 Å². The summed E-state index contributed by atoms with van der Waals surface area (Å²) in [6.45, 7) is 0. The fourth-order valence-electron chi connectivity index (χ4n) is 3.10. The van der Waals surface area contributed by atoms with Gasteiger partial charge in [0.2, 0.25) is 11.0 Å². The first-order chi connectivity index (χ1) is 16.1. The van der Waals surface area contributed by atoms with Crippen molar-refractivity contribution in [2.24, 2.45) is 0 Å². The van der Waals surface area contributed by atoms with E-state index in [4.69, 9.17) is 0 Å². The second-order valence-electron chi connectivity index (χ2n) is 7.09. The molecule has 0 aliphatic carbocycles. The highest BCUT2D eigenvalue weighted by Crippen LogP contribution is 2.26. The normalized spacial score (nSPS) is 11.4. The van der Waals surface area contributed by atoms with Crippen molar-refractivity contribution in [2.75, 3.05) is 10.6 Å². The lowest BCUT2D eigenvalue weighted by Crippen LogP contribution is -2.47. The van der Waals surface area contributed by atoms with Gasteiger partial charge in [-0.3, -0.25) is 10.1 Å². The summed E-state index contributed by atoms with van der Waals surface area (Å²) in [5.41, 5.74) is 2.44. The Kier molecular flexibility index (Phi) is 7.43. The number of para-hydroxylation sites is 1. The molecule has 166 valence electrons. The summed E-state index contributed by atoms with van der Waals surface area (Å²) in [6, 6.07) is 25.1. The summed E-state index contributed by atoms with van der Waals surface area (Å²) in [5.74, 6) is -0.378. The minimum absolute atomic E-state index is 0.320. The van der Waals surface area contributed by atoms with Crippen LogP contribution in [0.4, 0.5) is 15.6 Å². The Morgan fingerprint density at radius 2 is 1.52 bits per heavy atom. The minimum atomic E-state index is -0.820. The number of urea groups is 1. The molecule has 0 aliphatic rings. The lowest BCUT2D eigenvalue weighted by Gasteiger charge is -2.18. The second kappa shape index (κ2) is 10.8. The molecule has 7 nitrogen and oxygen atoms in total. The van der Waals surface area contributed by atoms with Crippen LogP contribution in [0.1, 0.15) is 5.56 Å². The van der Waals surface area contributed by atoms with Crippen molar-refractivity contribution in [1.82, 2.24) is 15.5 Å². The summed E-state index contributed by atoms with van der Waals surface area (Å²) >= 11 is 4.68. The van der Waals surface area contributed by atoms with Gasteiger partial charge in [0, 0.05) is 16.5 Å². The number of nitrogens with zero attached hydrogens (tertiary/aromatic N) is 2. The van der Waals surface area contributed by atoms with Crippen LogP contribution in [0, 0.1) is 0 Å². The Balaban J connectivity index is 1.48. The van der Waals surface area contributed by atoms with E-state index in [-0.39, 0.29) is 5.91 Å². The summed E-state index contributed by atoms with van der Waals surface area (Å²) in [7, 11) is 0. The molecule has 0 saturated carbocycles. The summed E-state index contributed by atoms with van der Waals surface area (Å²) in [5, 5.41) is 17.6. The molecule has 0 bridgehead atoms. The van der Waals surface area contributed by atoms with Crippen LogP contribution in [-0.4, -0.2) is 28.2 Å². The average molecular weight is 522 g/mol. The number of benzene rings is 3. The van der Waals surface area contributed by atoms with E-state index >= 15 is 0 Å². The molecule has 1 heterocycles. The first-order valence-corrected chi connectivity index (χ1v) is 11.8. The predicted molar refractivity (Wildman–Crippen MR) is 134 cm³/mol. The maximum atomic E-state index is 13.1. The average Bonchev–Trinajstić information content (AvgIpc) is 3.30. The largest absolute Gasteiger partial charge is 0.326 e. The molecule has 0 aliphatic heterocycles. The van der Waals surface area contributed by atoms with Crippen molar-refractivity contribution in [3.8, 4) is 10.6 Å². The third kappa shape index (κ3) is 6.24. The molecule has 0 spiro atoms. The van der Waals surface area contributed by atoms with Gasteiger partial charge in [0.05, 0.1) is 5.69 Å². The molecule has 3 N–H and O–H groups in total. The standard InChI is InChI=1S/C24H20BrN5O2S/c25-18-13-7-8-14-19(18)26-23(32)27-20(15-16-9-3-1-4-10-16)21(31)28-24-30-29-22(33-24)17-11-5-2-6-12-17/h1-14,20H,15H2,(H2,26,27,32)(H,28,30,31). The number of anilines is 2. The van der Waals surface area contributed by atoms with Crippen molar-refractivity contribution in [3.63, 3.8) is 0 Å². The van der Waals surface area contributed by atoms with Gasteiger partial charge < -0.3 is 10.6 Å². The first kappa shape index (κ1) is 22.6. The zero-order valence-corrected chi connectivity index (χ0v) is 19.8. The summed E-state index contributed by atoms with van der Waals surface area (Å²) < 4.78 is 0.742. The molecule has 1 atom stereocenters. The maximum Gasteiger partial charge on any atom is 0.319 e. The van der Waals surface area contributed by atoms with Gasteiger partial charge in [-0.2, -0.15) is 0 Å². The smallest absolute Gasteiger partial charge is 0.319 e. The summed E-state index contributed by atoms with van der Waals surface area (Å²) in [6.07, 6.45) is 0.320. The van der Waals surface area contributed by atoms with E-state index in [1.165, 1.54) is 11.3 Å². The number of carbonyl (C=O) groups is 2. The molecule has 0 radical (unpaired) electrons. The third-order valence-corrected chi connectivity index (χ3v) is 6.28. The van der Waals surface area contributed by atoms with Gasteiger partial charge in [-0.25, -0.2) is 4.79 Å². The van der Waals surface area contributed by atoms with Crippen molar-refractivity contribution in [3.05, 3.63) is 95.0 Å². The highest BCUT2D eigenvalue weighted by atomic mass is 79.9. The molecule has 0 fully saturated rings. The van der Waals surface area contributed by atoms with Crippen molar-refractivity contribution < 1.29 is 9.59 Å². The minimum Gasteiger partial charge on any atom is -0.326 e. The number of aromatic nitrogens is 2. The van der Waals surface area contributed by atoms with Crippen molar-refractivity contribution in [2.45, 2.75) is 12.5 Å². The van der Waals surface area contributed by atoms with E-state index in [2.05, 4.69) is 42.1 Å². The van der Waals surface area contributed by atoms with E-state index < -0.39 is 12.1 Å². The van der Waals surface area contributed by atoms with Gasteiger partial charge in [-0.05, 0) is 33.6 Å². The Morgan fingerprint density at radius 3 is 2.24 bits per heavy atom. The number of carbonyl (C=O) groups excluding carboxylic acids is 2. The zero-order chi connectivity index (χ0) is 23.0. The SMILES string of the molecule is O=C(Nc1ccccc1Br)NC(Cc1ccccc1)C(=O)Nc1nnc(-c2ccccc2)s1. The van der Waals surface area contributed by atoms with E-state index in [1.54, 1.807) is 6.07 Å². The topological polar surface area (TPSA) is 96.0 Å². The van der Waals surface area contributed by atoms with Crippen LogP contribution in [0.15, 0.2) is 89.4 Å². The van der Waals surface area contributed by atoms with Crippen LogP contribution in [0.2, 0.25) is 0 Å². The van der Waals surface area contributed by atoms with Crippen LogP contribution >= 0.6 is 27.3 Å². The zero-order valence-electron chi connectivity index (χ0n) is 17.4. The van der Waals surface area contributed by atoms with Crippen LogP contribution in [0.3, 0.4) is 0 Å². The molecule has 4 rings (SSSR count). The fourth-order valence-corrected chi connectivity index (χ4v) is 4.24. The number of nitrogens with one attached hydrogen (secondary N) is 3. The number of hydrogen-bond donors (Lipinski definition) is 3. The van der Waals surface area contributed by atoms with Gasteiger partial charge in [0.1, 0.15) is 11.0 Å². The Hall–Kier alpha value is -3.56. The van der Waals surface area contributed by atoms with Gasteiger partial charge in [-0.15, -0.1) is 10.2 Å². The Bertz CT molecular complexity index is 1230. The molecule has 1 unspecified atom stereocenters. The highest BCUT2D eigenvalue weighted by Gasteiger charge is 2.23. The number of amides is 3. The maximum absolute atomic E-state index is 13.1. The number of rotatable bonds is 7. The van der Waals surface area contributed by atoms with Crippen LogP contribution in [0.25, 0.3) is 10.6 Å². The van der Waals surface area contributed by atoms with Gasteiger partial charge in [-0.1, -0.05) is 84.1 Å². The van der Waals surface area contributed by atoms with Crippen molar-refractivity contribution in [1.29, 1.82) is 0 Å². The van der Waals surface area contributed by atoms with E-state index in [9.17, 15) is 9.59 Å². The fraction of sp³-hybridized carbons (Fsp3) is 0.0833. The lowest BCUT2D eigenvalue weighted by atomic mass is 10.1. The third-order valence-electron chi connectivity index (χ3n) is 4.70. The molecular weight excluding hydrogens is 502 g/mol. The van der Waals surface area contributed by atoms with E-state index in [1.807, 2.05) is 78.9 Å². The second-order valence-corrected chi connectivity index (χ2v) is 8.92. The highest BCUT2D eigenvalue weighted by molar-refractivity contribution is 9.10. The Labute approximate surface area is 203 Å². The number of hydrogen-bond acceptors (Lipinski definition) is 5. The molecule has 1 aromatic heterocycles. The molecule has 4 aromatic rings. The Morgan fingerprint density at radius 1 is 0.848 bits per heavy atom. The predicted octanol–water partition coefficient (Wildman–Crippen LogP) is 5.34. The van der Waals surface area contributed by atoms with Gasteiger partial charge in [0.25, 0.3) is 0 Å². The molecule has 3 amide bonds. The lowest BCUT2D eigenvalue weighted by molar-refractivity contribution is -0.117. The van der Waals surface area contributed by atoms with E-state index in [0.717, 1.165) is 15.6 Å². The first-order valence-electron chi connectivity index (χ1n) is 10.1. The molecular formula is C24H20BrN5O2S. The number of halogens is 1. The molecule has 0 saturated heterocycles. The molecule has 3 aromatic carbocycles. The van der Waals surface area contributed by atoms with Crippen LogP contribution < -0.4 is 16.0 Å². The monoisotopic (exact) mass is 521 g/mol. The van der Waals surface area contributed by atoms with Crippen molar-refractivity contribution >= 4 is 50.0 Å². The van der Waals surface area contributed by atoms with Gasteiger partial charge >= 0.3 is 6.03 Å². The van der Waals surface area contributed by atoms with Gasteiger partial charge in [0.15, 0.2) is 0 Å². The van der Waals surface area contributed by atoms with Crippen LogP contribution in [0.5, 0.6) is 0 Å². The van der Waals surface area contributed by atoms with Crippen LogP contribution in [-0.2, 0) is 11.2 Å². The molecule has 9 heteroatoms. The molecule has 33 heavy (non-hydrogen) atoms. The quantitative estimate of drug-likeness (QED) is 0.305. The summed E-state index contributed by atoms with van der Waals surface area (Å²) in [4.78, 5) is 25.8.